The molecule has 0 atom stereocenters. The zero-order chi connectivity index (χ0) is 20.1. The van der Waals surface area contributed by atoms with Crippen molar-refractivity contribution >= 4 is 16.9 Å². The molecule has 6 heteroatoms. The number of nitrogens with zero attached hydrogens (tertiary/aromatic N) is 3. The van der Waals surface area contributed by atoms with Gasteiger partial charge >= 0.3 is 0 Å². The number of methoxy groups -OCH3 is 1. The van der Waals surface area contributed by atoms with Crippen LogP contribution in [-0.2, 0) is 11.3 Å². The van der Waals surface area contributed by atoms with Gasteiger partial charge in [0.25, 0.3) is 5.91 Å². The molecule has 0 spiro atoms. The van der Waals surface area contributed by atoms with Gasteiger partial charge in [0.15, 0.2) is 5.65 Å². The quantitative estimate of drug-likeness (QED) is 0.531. The van der Waals surface area contributed by atoms with Crippen LogP contribution in [0.1, 0.15) is 59.6 Å². The molecule has 1 aliphatic rings. The normalized spacial score (nSPS) is 13.7. The van der Waals surface area contributed by atoms with E-state index < -0.39 is 0 Å². The summed E-state index contributed by atoms with van der Waals surface area (Å²) in [6.45, 7) is 2.08. The predicted octanol–water partition coefficient (Wildman–Crippen LogP) is 3.90. The van der Waals surface area contributed by atoms with Crippen molar-refractivity contribution in [3.05, 3.63) is 59.4 Å². The molecule has 1 fully saturated rings. The zero-order valence-corrected chi connectivity index (χ0v) is 16.9. The van der Waals surface area contributed by atoms with Crippen LogP contribution < -0.4 is 5.32 Å². The maximum Gasteiger partial charge on any atom is 0.252 e. The fraction of sp³-hybridized carbons (Fsp3) is 0.435. The molecule has 29 heavy (non-hydrogen) atoms. The highest BCUT2D eigenvalue weighted by Crippen LogP contribution is 2.40. The summed E-state index contributed by atoms with van der Waals surface area (Å²) in [6.07, 6.45) is 7.07. The van der Waals surface area contributed by atoms with Crippen molar-refractivity contribution in [2.24, 2.45) is 0 Å². The van der Waals surface area contributed by atoms with Gasteiger partial charge in [-0.3, -0.25) is 4.79 Å². The van der Waals surface area contributed by atoms with Gasteiger partial charge in [0, 0.05) is 31.9 Å². The Morgan fingerprint density at radius 2 is 2.03 bits per heavy atom. The zero-order valence-electron chi connectivity index (χ0n) is 16.9. The molecule has 6 nitrogen and oxygen atoms in total. The van der Waals surface area contributed by atoms with Crippen LogP contribution in [-0.4, -0.2) is 40.9 Å². The number of aromatic nitrogens is 3. The minimum Gasteiger partial charge on any atom is -0.385 e. The Morgan fingerprint density at radius 3 is 2.79 bits per heavy atom. The van der Waals surface area contributed by atoms with E-state index in [1.807, 2.05) is 28.9 Å². The van der Waals surface area contributed by atoms with E-state index in [0.29, 0.717) is 24.6 Å². The van der Waals surface area contributed by atoms with Gasteiger partial charge in [0.05, 0.1) is 23.7 Å². The number of hydrogen-bond donors (Lipinski definition) is 1. The van der Waals surface area contributed by atoms with Crippen LogP contribution in [0.4, 0.5) is 0 Å². The average molecular weight is 393 g/mol. The molecule has 0 radical (unpaired) electrons. The lowest BCUT2D eigenvalue weighted by Gasteiger charge is -2.09. The van der Waals surface area contributed by atoms with Crippen molar-refractivity contribution in [2.45, 2.75) is 44.6 Å². The Kier molecular flexibility index (Phi) is 6.20. The number of carbonyl (C=O) groups is 1. The predicted molar refractivity (Wildman–Crippen MR) is 113 cm³/mol. The minimum atomic E-state index is -0.0368. The third kappa shape index (κ3) is 4.82. The Morgan fingerprint density at radius 1 is 1.21 bits per heavy atom. The second-order valence-corrected chi connectivity index (χ2v) is 7.70. The Hall–Kier alpha value is -2.73. The molecule has 2 heterocycles. The van der Waals surface area contributed by atoms with Gasteiger partial charge in [-0.1, -0.05) is 30.3 Å². The molecule has 152 valence electrons. The number of carbonyl (C=O) groups excluding carboxylic acids is 1. The summed E-state index contributed by atoms with van der Waals surface area (Å²) in [5.74, 6) is 0.436. The van der Waals surface area contributed by atoms with Crippen molar-refractivity contribution in [3.8, 4) is 0 Å². The van der Waals surface area contributed by atoms with E-state index >= 15 is 0 Å². The van der Waals surface area contributed by atoms with Crippen LogP contribution >= 0.6 is 0 Å². The lowest BCUT2D eigenvalue weighted by atomic mass is 10.1. The highest BCUT2D eigenvalue weighted by molar-refractivity contribution is 6.05. The van der Waals surface area contributed by atoms with E-state index in [-0.39, 0.29) is 5.91 Å². The monoisotopic (exact) mass is 392 g/mol. The first-order valence-corrected chi connectivity index (χ1v) is 10.4. The first-order chi connectivity index (χ1) is 14.3. The highest BCUT2D eigenvalue weighted by atomic mass is 16.5. The number of benzene rings is 1. The minimum absolute atomic E-state index is 0.0368. The SMILES string of the molecule is COCCCCCNC(=O)c1cc(C2CC2)nc2c1cnn2Cc1ccccc1. The number of amides is 1. The van der Waals surface area contributed by atoms with Crippen LogP contribution in [0.25, 0.3) is 11.0 Å². The molecule has 3 aromatic rings. The molecular formula is C23H28N4O2. The molecule has 1 aliphatic carbocycles. The van der Waals surface area contributed by atoms with Gasteiger partial charge in [0.2, 0.25) is 0 Å². The third-order valence-corrected chi connectivity index (χ3v) is 5.36. The first kappa shape index (κ1) is 19.6. The van der Waals surface area contributed by atoms with Gasteiger partial charge < -0.3 is 10.1 Å². The van der Waals surface area contributed by atoms with Crippen molar-refractivity contribution < 1.29 is 9.53 Å². The van der Waals surface area contributed by atoms with E-state index in [0.717, 1.165) is 61.0 Å². The molecule has 1 aromatic carbocycles. The van der Waals surface area contributed by atoms with Gasteiger partial charge in [-0.05, 0) is 43.7 Å². The van der Waals surface area contributed by atoms with E-state index in [4.69, 9.17) is 9.72 Å². The van der Waals surface area contributed by atoms with Crippen LogP contribution in [0.5, 0.6) is 0 Å². The fourth-order valence-electron chi connectivity index (χ4n) is 3.56. The Balaban J connectivity index is 1.54. The van der Waals surface area contributed by atoms with Gasteiger partial charge in [-0.15, -0.1) is 0 Å². The van der Waals surface area contributed by atoms with Crippen LogP contribution in [0.2, 0.25) is 0 Å². The van der Waals surface area contributed by atoms with Crippen LogP contribution in [0.15, 0.2) is 42.6 Å². The molecular weight excluding hydrogens is 364 g/mol. The van der Waals surface area contributed by atoms with E-state index in [1.165, 1.54) is 0 Å². The molecule has 1 saturated carbocycles. The van der Waals surface area contributed by atoms with Crippen molar-refractivity contribution in [3.63, 3.8) is 0 Å². The van der Waals surface area contributed by atoms with Crippen LogP contribution in [0.3, 0.4) is 0 Å². The second-order valence-electron chi connectivity index (χ2n) is 7.70. The summed E-state index contributed by atoms with van der Waals surface area (Å²) in [4.78, 5) is 17.8. The number of nitrogens with one attached hydrogen (secondary N) is 1. The second kappa shape index (κ2) is 9.18. The topological polar surface area (TPSA) is 69.0 Å². The fourth-order valence-corrected chi connectivity index (χ4v) is 3.56. The summed E-state index contributed by atoms with van der Waals surface area (Å²) in [5.41, 5.74) is 3.66. The summed E-state index contributed by atoms with van der Waals surface area (Å²) in [7, 11) is 1.71. The molecule has 4 rings (SSSR count). The Bertz CT molecular complexity index is 964. The summed E-state index contributed by atoms with van der Waals surface area (Å²) >= 11 is 0. The first-order valence-electron chi connectivity index (χ1n) is 10.4. The van der Waals surface area contributed by atoms with Gasteiger partial charge in [0.1, 0.15) is 0 Å². The number of rotatable bonds is 10. The number of ether oxygens (including phenoxy) is 1. The Labute approximate surface area is 171 Å². The van der Waals surface area contributed by atoms with Crippen LogP contribution in [0, 0.1) is 0 Å². The maximum atomic E-state index is 12.9. The molecule has 0 saturated heterocycles. The number of fused-ring (bicyclic) bond motifs is 1. The molecule has 1 N–H and O–H groups in total. The van der Waals surface area contributed by atoms with Gasteiger partial charge in [-0.2, -0.15) is 5.10 Å². The molecule has 1 amide bonds. The van der Waals surface area contributed by atoms with Crippen molar-refractivity contribution in [1.82, 2.24) is 20.1 Å². The van der Waals surface area contributed by atoms with Gasteiger partial charge in [-0.25, -0.2) is 9.67 Å². The van der Waals surface area contributed by atoms with E-state index in [9.17, 15) is 4.79 Å². The molecule has 0 unspecified atom stereocenters. The molecule has 0 aliphatic heterocycles. The number of hydrogen-bond acceptors (Lipinski definition) is 4. The maximum absolute atomic E-state index is 12.9. The molecule has 2 aromatic heterocycles. The highest BCUT2D eigenvalue weighted by Gasteiger charge is 2.28. The van der Waals surface area contributed by atoms with Crippen molar-refractivity contribution in [1.29, 1.82) is 0 Å². The number of unbranched alkanes of at least 4 members (excludes halogenated alkanes) is 2. The standard InChI is InChI=1S/C23H28N4O2/c1-29-13-7-3-6-12-24-23(28)19-14-21(18-10-11-18)26-22-20(19)15-25-27(22)16-17-8-4-2-5-9-17/h2,4-5,8-9,14-15,18H,3,6-7,10-13,16H2,1H3,(H,24,28). The van der Waals surface area contributed by atoms with Crippen molar-refractivity contribution in [2.75, 3.05) is 20.3 Å². The van der Waals surface area contributed by atoms with E-state index in [2.05, 4.69) is 22.5 Å². The van der Waals surface area contributed by atoms with E-state index in [1.54, 1.807) is 13.3 Å². The summed E-state index contributed by atoms with van der Waals surface area (Å²) in [5, 5.41) is 8.44. The lowest BCUT2D eigenvalue weighted by molar-refractivity contribution is 0.0954. The number of pyridine rings is 1. The third-order valence-electron chi connectivity index (χ3n) is 5.36. The largest absolute Gasteiger partial charge is 0.385 e. The average Bonchev–Trinajstić information content (AvgIpc) is 3.53. The smallest absolute Gasteiger partial charge is 0.252 e. The lowest BCUT2D eigenvalue weighted by Crippen LogP contribution is -2.25. The summed E-state index contributed by atoms with van der Waals surface area (Å²) in [6, 6.07) is 12.2. The molecule has 0 bridgehead atoms. The summed E-state index contributed by atoms with van der Waals surface area (Å²) < 4.78 is 6.97.